The largest absolute Gasteiger partial charge is 0.388 e. The van der Waals surface area contributed by atoms with Gasteiger partial charge in [0.05, 0.1) is 6.10 Å². The van der Waals surface area contributed by atoms with Crippen molar-refractivity contribution >= 4 is 11.8 Å². The third-order valence-corrected chi connectivity index (χ3v) is 4.39. The number of thioether (sulfide) groups is 1. The fraction of sp³-hybridized carbons (Fsp3) is 1.00. The van der Waals surface area contributed by atoms with Gasteiger partial charge in [0, 0.05) is 26.0 Å². The highest BCUT2D eigenvalue weighted by atomic mass is 32.2. The minimum Gasteiger partial charge on any atom is -0.388 e. The van der Waals surface area contributed by atoms with Crippen LogP contribution in [0.5, 0.6) is 0 Å². The lowest BCUT2D eigenvalue weighted by molar-refractivity contribution is -0.299. The Kier molecular flexibility index (Phi) is 9.03. The zero-order chi connectivity index (χ0) is 15.0. The number of methoxy groups -OCH3 is 1. The van der Waals surface area contributed by atoms with Gasteiger partial charge in [-0.05, 0) is 18.6 Å². The third kappa shape index (κ3) is 5.14. The van der Waals surface area contributed by atoms with Gasteiger partial charge >= 0.3 is 0 Å². The predicted octanol–water partition coefficient (Wildman–Crippen LogP) is -0.0433. The Labute approximate surface area is 125 Å². The second-order valence-corrected chi connectivity index (χ2v) is 5.98. The van der Waals surface area contributed by atoms with Gasteiger partial charge in [-0.25, -0.2) is 0 Å². The Hall–Kier alpha value is 0.110. The van der Waals surface area contributed by atoms with Gasteiger partial charge in [0.25, 0.3) is 0 Å². The molecule has 1 heterocycles. The van der Waals surface area contributed by atoms with Crippen molar-refractivity contribution in [2.75, 3.05) is 31.8 Å². The van der Waals surface area contributed by atoms with Gasteiger partial charge in [-0.2, -0.15) is 11.8 Å². The molecule has 0 bridgehead atoms. The Morgan fingerprint density at radius 2 is 2.00 bits per heavy atom. The molecule has 6 nitrogen and oxygen atoms in total. The summed E-state index contributed by atoms with van der Waals surface area (Å²) in [6.45, 7) is 3.06. The van der Waals surface area contributed by atoms with Gasteiger partial charge < -0.3 is 30.2 Å². The minimum absolute atomic E-state index is 0.421. The summed E-state index contributed by atoms with van der Waals surface area (Å²) < 4.78 is 16.4. The highest BCUT2D eigenvalue weighted by Crippen LogP contribution is 2.25. The molecule has 5 atom stereocenters. The second kappa shape index (κ2) is 9.94. The van der Waals surface area contributed by atoms with E-state index in [0.717, 1.165) is 17.9 Å². The van der Waals surface area contributed by atoms with Crippen LogP contribution in [0.4, 0.5) is 0 Å². The Balaban J connectivity index is 2.37. The van der Waals surface area contributed by atoms with Crippen molar-refractivity contribution in [3.05, 3.63) is 0 Å². The van der Waals surface area contributed by atoms with E-state index in [-0.39, 0.29) is 0 Å². The van der Waals surface area contributed by atoms with Crippen molar-refractivity contribution in [3.8, 4) is 0 Å². The molecule has 0 radical (unpaired) electrons. The van der Waals surface area contributed by atoms with Crippen LogP contribution in [0.2, 0.25) is 0 Å². The minimum atomic E-state index is -0.990. The van der Waals surface area contributed by atoms with Crippen molar-refractivity contribution in [1.82, 2.24) is 0 Å². The number of hydrogen-bond acceptors (Lipinski definition) is 7. The van der Waals surface area contributed by atoms with Crippen molar-refractivity contribution < 1.29 is 24.4 Å². The molecule has 7 heteroatoms. The molecule has 0 aliphatic carbocycles. The highest BCUT2D eigenvalue weighted by molar-refractivity contribution is 7.99. The summed E-state index contributed by atoms with van der Waals surface area (Å²) in [6, 6.07) is 0. The van der Waals surface area contributed by atoms with E-state index in [2.05, 4.69) is 0 Å². The van der Waals surface area contributed by atoms with Gasteiger partial charge in [0.15, 0.2) is 6.29 Å². The molecule has 20 heavy (non-hydrogen) atoms. The van der Waals surface area contributed by atoms with Gasteiger partial charge in [0.2, 0.25) is 0 Å². The van der Waals surface area contributed by atoms with Crippen LogP contribution < -0.4 is 5.73 Å². The van der Waals surface area contributed by atoms with Crippen LogP contribution in [0.15, 0.2) is 0 Å². The monoisotopic (exact) mass is 309 g/mol. The molecule has 0 amide bonds. The summed E-state index contributed by atoms with van der Waals surface area (Å²) >= 11 is 1.77. The van der Waals surface area contributed by atoms with Crippen molar-refractivity contribution in [1.29, 1.82) is 0 Å². The maximum atomic E-state index is 10.1. The molecular formula is C13H27NO5S. The zero-order valence-corrected chi connectivity index (χ0v) is 13.1. The highest BCUT2D eigenvalue weighted by Gasteiger charge is 2.44. The third-order valence-electron chi connectivity index (χ3n) is 3.28. The SMILES string of the molecule is CCC1O[C@H](OC)[C@@H](OCCCSCCN)C(O)[C@@H]1O. The van der Waals surface area contributed by atoms with Crippen LogP contribution in [0.3, 0.4) is 0 Å². The number of ether oxygens (including phenoxy) is 3. The molecule has 0 spiro atoms. The van der Waals surface area contributed by atoms with Crippen LogP contribution in [0, 0.1) is 0 Å². The summed E-state index contributed by atoms with van der Waals surface area (Å²) in [5.41, 5.74) is 5.41. The van der Waals surface area contributed by atoms with Crippen molar-refractivity contribution in [2.45, 2.75) is 50.5 Å². The lowest BCUT2D eigenvalue weighted by Gasteiger charge is -2.41. The van der Waals surface area contributed by atoms with E-state index in [1.165, 1.54) is 7.11 Å². The number of nitrogens with two attached hydrogens (primary N) is 1. The predicted molar refractivity (Wildman–Crippen MR) is 78.7 cm³/mol. The van der Waals surface area contributed by atoms with Crippen LogP contribution in [0.25, 0.3) is 0 Å². The number of aliphatic hydroxyl groups is 2. The van der Waals surface area contributed by atoms with E-state index in [0.29, 0.717) is 19.6 Å². The maximum Gasteiger partial charge on any atom is 0.186 e. The van der Waals surface area contributed by atoms with Crippen LogP contribution in [-0.2, 0) is 14.2 Å². The molecule has 120 valence electrons. The van der Waals surface area contributed by atoms with E-state index >= 15 is 0 Å². The van der Waals surface area contributed by atoms with Crippen LogP contribution in [0.1, 0.15) is 19.8 Å². The van der Waals surface area contributed by atoms with E-state index in [1.54, 1.807) is 11.8 Å². The summed E-state index contributed by atoms with van der Waals surface area (Å²) in [7, 11) is 1.51. The molecule has 0 aromatic heterocycles. The smallest absolute Gasteiger partial charge is 0.186 e. The van der Waals surface area contributed by atoms with Crippen molar-refractivity contribution in [3.63, 3.8) is 0 Å². The van der Waals surface area contributed by atoms with Gasteiger partial charge in [-0.15, -0.1) is 0 Å². The van der Waals surface area contributed by atoms with Crippen LogP contribution >= 0.6 is 11.8 Å². The summed E-state index contributed by atoms with van der Waals surface area (Å²) in [4.78, 5) is 0. The lowest BCUT2D eigenvalue weighted by Crippen LogP contribution is -2.58. The van der Waals surface area contributed by atoms with E-state index in [4.69, 9.17) is 19.9 Å². The fourth-order valence-corrected chi connectivity index (χ4v) is 2.87. The van der Waals surface area contributed by atoms with E-state index in [1.807, 2.05) is 6.92 Å². The van der Waals surface area contributed by atoms with Crippen LogP contribution in [-0.4, -0.2) is 72.7 Å². The first-order chi connectivity index (χ1) is 9.65. The Bertz CT molecular complexity index is 257. The quantitative estimate of drug-likeness (QED) is 0.514. The molecular weight excluding hydrogens is 282 g/mol. The summed E-state index contributed by atoms with van der Waals surface area (Å²) in [5, 5.41) is 20.1. The zero-order valence-electron chi connectivity index (χ0n) is 12.2. The first kappa shape index (κ1) is 18.2. The number of hydrogen-bond donors (Lipinski definition) is 3. The topological polar surface area (TPSA) is 94.2 Å². The van der Waals surface area contributed by atoms with Gasteiger partial charge in [-0.3, -0.25) is 0 Å². The lowest BCUT2D eigenvalue weighted by atomic mass is 9.97. The maximum absolute atomic E-state index is 10.1. The van der Waals surface area contributed by atoms with E-state index in [9.17, 15) is 10.2 Å². The number of aliphatic hydroxyl groups excluding tert-OH is 2. The Morgan fingerprint density at radius 3 is 2.60 bits per heavy atom. The van der Waals surface area contributed by atoms with Crippen molar-refractivity contribution in [2.24, 2.45) is 5.73 Å². The average molecular weight is 309 g/mol. The van der Waals surface area contributed by atoms with E-state index < -0.39 is 30.7 Å². The molecule has 1 rings (SSSR count). The number of rotatable bonds is 9. The normalized spacial score (nSPS) is 34.4. The first-order valence-electron chi connectivity index (χ1n) is 7.09. The summed E-state index contributed by atoms with van der Waals surface area (Å²) in [5.74, 6) is 1.89. The molecule has 0 saturated carbocycles. The molecule has 0 aromatic carbocycles. The standard InChI is InChI=1S/C13H27NO5S/c1-3-9-10(15)11(16)12(13(17-2)19-9)18-6-4-7-20-8-5-14/h9-13,15-16H,3-8,14H2,1-2H3/t9?,10-,11?,12+,13+/m1/s1. The first-order valence-corrected chi connectivity index (χ1v) is 8.25. The molecule has 1 aliphatic rings. The fourth-order valence-electron chi connectivity index (χ4n) is 2.18. The second-order valence-electron chi connectivity index (χ2n) is 4.76. The Morgan fingerprint density at radius 1 is 1.25 bits per heavy atom. The molecule has 1 saturated heterocycles. The molecule has 2 unspecified atom stereocenters. The molecule has 1 aliphatic heterocycles. The molecule has 1 fully saturated rings. The van der Waals surface area contributed by atoms with Gasteiger partial charge in [-0.1, -0.05) is 6.92 Å². The molecule has 0 aromatic rings. The van der Waals surface area contributed by atoms with Gasteiger partial charge in [0.1, 0.15) is 18.3 Å². The average Bonchev–Trinajstić information content (AvgIpc) is 2.47. The summed E-state index contributed by atoms with van der Waals surface area (Å²) in [6.07, 6.45) is -2.18. The molecule has 4 N–H and O–H groups in total.